The van der Waals surface area contributed by atoms with E-state index < -0.39 is 0 Å². The van der Waals surface area contributed by atoms with Crippen LogP contribution in [-0.4, -0.2) is 12.6 Å². The third-order valence-corrected chi connectivity index (χ3v) is 3.55. The lowest BCUT2D eigenvalue weighted by molar-refractivity contribution is 0.238. The lowest BCUT2D eigenvalue weighted by atomic mass is 10.1. The van der Waals surface area contributed by atoms with Crippen LogP contribution >= 0.6 is 0 Å². The number of nitrogens with one attached hydrogen (secondary N) is 1. The molecule has 0 unspecified atom stereocenters. The molecule has 0 bridgehead atoms. The van der Waals surface area contributed by atoms with E-state index in [2.05, 4.69) is 58.1 Å². The lowest BCUT2D eigenvalue weighted by Crippen LogP contribution is -2.22. The maximum Gasteiger partial charge on any atom is 0.123 e. The highest BCUT2D eigenvalue weighted by atomic mass is 16.5. The molecule has 0 aliphatic rings. The molecule has 0 amide bonds. The van der Waals surface area contributed by atoms with Gasteiger partial charge in [0.1, 0.15) is 5.75 Å². The van der Waals surface area contributed by atoms with Crippen molar-refractivity contribution < 1.29 is 4.74 Å². The van der Waals surface area contributed by atoms with Crippen LogP contribution in [0.3, 0.4) is 0 Å². The molecule has 0 aliphatic carbocycles. The highest BCUT2D eigenvalue weighted by Gasteiger charge is 2.08. The van der Waals surface area contributed by atoms with Crippen LogP contribution in [0.25, 0.3) is 0 Å². The average Bonchev–Trinajstić information content (AvgIpc) is 2.39. The van der Waals surface area contributed by atoms with Gasteiger partial charge < -0.3 is 10.1 Å². The van der Waals surface area contributed by atoms with E-state index in [1.165, 1.54) is 24.0 Å². The van der Waals surface area contributed by atoms with Crippen LogP contribution < -0.4 is 10.1 Å². The fourth-order valence-corrected chi connectivity index (χ4v) is 2.03. The van der Waals surface area contributed by atoms with Crippen molar-refractivity contribution in [3.05, 3.63) is 29.3 Å². The van der Waals surface area contributed by atoms with E-state index in [0.717, 1.165) is 18.9 Å². The van der Waals surface area contributed by atoms with Gasteiger partial charge in [-0.2, -0.15) is 0 Å². The molecule has 2 heteroatoms. The summed E-state index contributed by atoms with van der Waals surface area (Å²) < 4.78 is 6.03. The molecule has 0 fully saturated rings. The molecule has 1 aromatic carbocycles. The average molecular weight is 263 g/mol. The molecule has 0 aromatic heterocycles. The second kappa shape index (κ2) is 8.21. The van der Waals surface area contributed by atoms with Crippen molar-refractivity contribution in [2.45, 2.75) is 60.0 Å². The molecule has 0 heterocycles. The van der Waals surface area contributed by atoms with Gasteiger partial charge in [-0.25, -0.2) is 0 Å². The Morgan fingerprint density at radius 3 is 2.42 bits per heavy atom. The SMILES string of the molecule is CCC(CC)COc1ccc(C)cc1CNC(C)C. The first-order valence-corrected chi connectivity index (χ1v) is 7.52. The predicted octanol–water partition coefficient (Wildman–Crippen LogP) is 4.31. The van der Waals surface area contributed by atoms with Crippen molar-refractivity contribution in [3.63, 3.8) is 0 Å². The number of hydrogen-bond acceptors (Lipinski definition) is 2. The van der Waals surface area contributed by atoms with Gasteiger partial charge in [-0.15, -0.1) is 0 Å². The predicted molar refractivity (Wildman–Crippen MR) is 82.7 cm³/mol. The lowest BCUT2D eigenvalue weighted by Gasteiger charge is -2.17. The molecule has 1 rings (SSSR count). The van der Waals surface area contributed by atoms with Crippen LogP contribution in [0.5, 0.6) is 5.75 Å². The van der Waals surface area contributed by atoms with Gasteiger partial charge in [0.2, 0.25) is 0 Å². The summed E-state index contributed by atoms with van der Waals surface area (Å²) in [6.07, 6.45) is 2.36. The zero-order valence-electron chi connectivity index (χ0n) is 13.1. The number of hydrogen-bond donors (Lipinski definition) is 1. The Balaban J connectivity index is 2.70. The van der Waals surface area contributed by atoms with Gasteiger partial charge in [-0.1, -0.05) is 58.2 Å². The van der Waals surface area contributed by atoms with Gasteiger partial charge in [-0.05, 0) is 18.9 Å². The van der Waals surface area contributed by atoms with Crippen LogP contribution in [0.4, 0.5) is 0 Å². The molecule has 0 spiro atoms. The first-order chi connectivity index (χ1) is 9.06. The fraction of sp³-hybridized carbons (Fsp3) is 0.647. The van der Waals surface area contributed by atoms with Crippen molar-refractivity contribution in [3.8, 4) is 5.75 Å². The van der Waals surface area contributed by atoms with E-state index in [-0.39, 0.29) is 0 Å². The number of ether oxygens (including phenoxy) is 1. The van der Waals surface area contributed by atoms with Crippen molar-refractivity contribution in [1.29, 1.82) is 0 Å². The van der Waals surface area contributed by atoms with Crippen LogP contribution in [0, 0.1) is 12.8 Å². The molecule has 1 aromatic rings. The summed E-state index contributed by atoms with van der Waals surface area (Å²) in [7, 11) is 0. The number of rotatable bonds is 8. The highest BCUT2D eigenvalue weighted by Crippen LogP contribution is 2.21. The Kier molecular flexibility index (Phi) is 6.93. The molecule has 2 nitrogen and oxygen atoms in total. The maximum absolute atomic E-state index is 6.03. The van der Waals surface area contributed by atoms with Gasteiger partial charge in [0, 0.05) is 18.2 Å². The van der Waals surface area contributed by atoms with Crippen molar-refractivity contribution >= 4 is 0 Å². The second-order valence-electron chi connectivity index (χ2n) is 5.64. The molecule has 19 heavy (non-hydrogen) atoms. The normalized spacial score (nSPS) is 11.3. The largest absolute Gasteiger partial charge is 0.493 e. The van der Waals surface area contributed by atoms with Crippen LogP contribution in [0.2, 0.25) is 0 Å². The summed E-state index contributed by atoms with van der Waals surface area (Å²) in [5, 5.41) is 3.46. The molecule has 108 valence electrons. The van der Waals surface area contributed by atoms with Crippen molar-refractivity contribution in [2.75, 3.05) is 6.61 Å². The smallest absolute Gasteiger partial charge is 0.123 e. The number of aryl methyl sites for hydroxylation is 1. The molecule has 1 N–H and O–H groups in total. The van der Waals surface area contributed by atoms with Crippen molar-refractivity contribution in [1.82, 2.24) is 5.32 Å². The second-order valence-corrected chi connectivity index (χ2v) is 5.64. The Morgan fingerprint density at radius 1 is 1.16 bits per heavy atom. The molecule has 0 aliphatic heterocycles. The van der Waals surface area contributed by atoms with E-state index >= 15 is 0 Å². The van der Waals surface area contributed by atoms with Crippen LogP contribution in [0.1, 0.15) is 51.7 Å². The topological polar surface area (TPSA) is 21.3 Å². The van der Waals surface area contributed by atoms with Gasteiger partial charge >= 0.3 is 0 Å². The Labute approximate surface area is 118 Å². The van der Waals surface area contributed by atoms with E-state index in [1.807, 2.05) is 0 Å². The summed E-state index contributed by atoms with van der Waals surface area (Å²) in [4.78, 5) is 0. The minimum absolute atomic E-state index is 0.493. The van der Waals surface area contributed by atoms with Crippen molar-refractivity contribution in [2.24, 2.45) is 5.92 Å². The van der Waals surface area contributed by atoms with Gasteiger partial charge in [-0.3, -0.25) is 0 Å². The van der Waals surface area contributed by atoms with E-state index in [9.17, 15) is 0 Å². The van der Waals surface area contributed by atoms with Gasteiger partial charge in [0.15, 0.2) is 0 Å². The molecule has 0 saturated heterocycles. The minimum Gasteiger partial charge on any atom is -0.493 e. The summed E-state index contributed by atoms with van der Waals surface area (Å²) in [6.45, 7) is 12.6. The monoisotopic (exact) mass is 263 g/mol. The van der Waals surface area contributed by atoms with E-state index in [4.69, 9.17) is 4.74 Å². The first-order valence-electron chi connectivity index (χ1n) is 7.52. The molecule has 0 radical (unpaired) electrons. The van der Waals surface area contributed by atoms with E-state index in [0.29, 0.717) is 12.0 Å². The molecular weight excluding hydrogens is 234 g/mol. The van der Waals surface area contributed by atoms with Gasteiger partial charge in [0.25, 0.3) is 0 Å². The zero-order valence-corrected chi connectivity index (χ0v) is 13.1. The third kappa shape index (κ3) is 5.65. The summed E-state index contributed by atoms with van der Waals surface area (Å²) >= 11 is 0. The number of benzene rings is 1. The minimum atomic E-state index is 0.493. The first kappa shape index (κ1) is 16.0. The highest BCUT2D eigenvalue weighted by molar-refractivity contribution is 5.36. The Hall–Kier alpha value is -1.02. The Bertz CT molecular complexity index is 370. The fourth-order valence-electron chi connectivity index (χ4n) is 2.03. The summed E-state index contributed by atoms with van der Waals surface area (Å²) in [5.74, 6) is 1.69. The quantitative estimate of drug-likeness (QED) is 0.754. The molecule has 0 saturated carbocycles. The van der Waals surface area contributed by atoms with E-state index in [1.54, 1.807) is 0 Å². The standard InChI is InChI=1S/C17H29NO/c1-6-15(7-2)12-19-17-9-8-14(5)10-16(17)11-18-13(3)4/h8-10,13,15,18H,6-7,11-12H2,1-5H3. The summed E-state index contributed by atoms with van der Waals surface area (Å²) in [6, 6.07) is 6.95. The Morgan fingerprint density at radius 2 is 1.84 bits per heavy atom. The van der Waals surface area contributed by atoms with Gasteiger partial charge in [0.05, 0.1) is 6.61 Å². The molecular formula is C17H29NO. The van der Waals surface area contributed by atoms with Crippen LogP contribution in [0.15, 0.2) is 18.2 Å². The maximum atomic E-state index is 6.03. The van der Waals surface area contributed by atoms with Crippen LogP contribution in [-0.2, 0) is 6.54 Å². The molecule has 0 atom stereocenters. The summed E-state index contributed by atoms with van der Waals surface area (Å²) in [5.41, 5.74) is 2.55. The zero-order chi connectivity index (χ0) is 14.3. The third-order valence-electron chi connectivity index (χ3n) is 3.55.